The van der Waals surface area contributed by atoms with Gasteiger partial charge in [0.15, 0.2) is 5.82 Å². The molecular weight excluding hydrogens is 324 g/mol. The van der Waals surface area contributed by atoms with Gasteiger partial charge < -0.3 is 11.1 Å². The van der Waals surface area contributed by atoms with Crippen molar-refractivity contribution >= 4 is 44.6 Å². The van der Waals surface area contributed by atoms with Crippen LogP contribution in [0, 0.1) is 13.8 Å². The molecule has 0 spiro atoms. The van der Waals surface area contributed by atoms with E-state index >= 15 is 0 Å². The summed E-state index contributed by atoms with van der Waals surface area (Å²) in [4.78, 5) is 0.315. The number of aromatic nitrogens is 2. The van der Waals surface area contributed by atoms with Crippen LogP contribution in [0.15, 0.2) is 28.7 Å². The van der Waals surface area contributed by atoms with Gasteiger partial charge in [0, 0.05) is 10.2 Å². The van der Waals surface area contributed by atoms with Crippen LogP contribution in [0.1, 0.15) is 16.8 Å². The summed E-state index contributed by atoms with van der Waals surface area (Å²) in [5.41, 5.74) is 9.19. The van der Waals surface area contributed by atoms with Crippen molar-refractivity contribution in [1.82, 2.24) is 10.2 Å². The SMILES string of the molecule is Cc1nnc(Nc2ccc(Br)cc2)c(C(N)=S)c1C. The first kappa shape index (κ1) is 13.9. The summed E-state index contributed by atoms with van der Waals surface area (Å²) in [6, 6.07) is 7.75. The van der Waals surface area contributed by atoms with Crippen LogP contribution in [0.3, 0.4) is 0 Å². The number of hydrogen-bond donors (Lipinski definition) is 2. The molecule has 1 aromatic heterocycles. The lowest BCUT2D eigenvalue weighted by atomic mass is 10.1. The van der Waals surface area contributed by atoms with E-state index in [1.165, 1.54) is 0 Å². The number of nitrogens with zero attached hydrogens (tertiary/aromatic N) is 2. The zero-order valence-electron chi connectivity index (χ0n) is 10.6. The third-order valence-corrected chi connectivity index (χ3v) is 3.54. The number of nitrogens with one attached hydrogen (secondary N) is 1. The van der Waals surface area contributed by atoms with Crippen molar-refractivity contribution in [2.45, 2.75) is 13.8 Å². The highest BCUT2D eigenvalue weighted by Crippen LogP contribution is 2.23. The maximum Gasteiger partial charge on any atom is 0.163 e. The molecule has 1 heterocycles. The second-order valence-electron chi connectivity index (χ2n) is 4.13. The molecule has 4 nitrogen and oxygen atoms in total. The molecule has 0 atom stereocenters. The summed E-state index contributed by atoms with van der Waals surface area (Å²) in [7, 11) is 0. The Morgan fingerprint density at radius 1 is 1.21 bits per heavy atom. The Morgan fingerprint density at radius 2 is 1.84 bits per heavy atom. The number of nitrogens with two attached hydrogens (primary N) is 1. The average molecular weight is 337 g/mol. The molecule has 0 aliphatic heterocycles. The van der Waals surface area contributed by atoms with E-state index in [2.05, 4.69) is 31.4 Å². The van der Waals surface area contributed by atoms with Crippen molar-refractivity contribution in [2.75, 3.05) is 5.32 Å². The first-order valence-corrected chi connectivity index (χ1v) is 6.85. The number of benzene rings is 1. The van der Waals surface area contributed by atoms with Gasteiger partial charge in [-0.3, -0.25) is 0 Å². The Balaban J connectivity index is 2.42. The zero-order chi connectivity index (χ0) is 14.0. The molecule has 19 heavy (non-hydrogen) atoms. The summed E-state index contributed by atoms with van der Waals surface area (Å²) in [5.74, 6) is 0.581. The second kappa shape index (κ2) is 5.63. The van der Waals surface area contributed by atoms with Crippen LogP contribution in [0.2, 0.25) is 0 Å². The summed E-state index contributed by atoms with van der Waals surface area (Å²) in [6.45, 7) is 3.82. The van der Waals surface area contributed by atoms with Gasteiger partial charge in [0.1, 0.15) is 4.99 Å². The molecule has 0 radical (unpaired) electrons. The summed E-state index contributed by atoms with van der Waals surface area (Å²) < 4.78 is 1.01. The topological polar surface area (TPSA) is 63.8 Å². The van der Waals surface area contributed by atoms with Gasteiger partial charge in [-0.15, -0.1) is 5.10 Å². The van der Waals surface area contributed by atoms with E-state index in [1.54, 1.807) is 0 Å². The predicted octanol–water partition coefficient (Wildman–Crippen LogP) is 3.23. The second-order valence-corrected chi connectivity index (χ2v) is 5.49. The predicted molar refractivity (Wildman–Crippen MR) is 84.8 cm³/mol. The van der Waals surface area contributed by atoms with Crippen LogP contribution in [0.25, 0.3) is 0 Å². The molecule has 0 aliphatic rings. The summed E-state index contributed by atoms with van der Waals surface area (Å²) >= 11 is 8.49. The van der Waals surface area contributed by atoms with Crippen molar-refractivity contribution in [3.05, 3.63) is 45.6 Å². The minimum Gasteiger partial charge on any atom is -0.389 e. The normalized spacial score (nSPS) is 10.3. The number of rotatable bonds is 3. The smallest absolute Gasteiger partial charge is 0.163 e. The lowest BCUT2D eigenvalue weighted by Crippen LogP contribution is -2.16. The quantitative estimate of drug-likeness (QED) is 0.842. The standard InChI is InChI=1S/C13H13BrN4S/c1-7-8(2)17-18-13(11(7)12(15)19)16-10-5-3-9(14)4-6-10/h3-6H,1-2H3,(H2,15,19)(H,16,18). The van der Waals surface area contributed by atoms with Crippen molar-refractivity contribution < 1.29 is 0 Å². The number of halogens is 1. The number of thiocarbonyl (C=S) groups is 1. The van der Waals surface area contributed by atoms with Gasteiger partial charge in [-0.2, -0.15) is 5.10 Å². The van der Waals surface area contributed by atoms with E-state index in [0.29, 0.717) is 10.8 Å². The number of hydrogen-bond acceptors (Lipinski definition) is 4. The fourth-order valence-electron chi connectivity index (χ4n) is 1.67. The molecule has 1 aromatic carbocycles. The fourth-order valence-corrected chi connectivity index (χ4v) is 2.18. The third kappa shape index (κ3) is 3.08. The van der Waals surface area contributed by atoms with E-state index in [4.69, 9.17) is 18.0 Å². The molecule has 0 bridgehead atoms. The fraction of sp³-hybridized carbons (Fsp3) is 0.154. The Morgan fingerprint density at radius 3 is 2.42 bits per heavy atom. The summed E-state index contributed by atoms with van der Waals surface area (Å²) in [5, 5.41) is 11.4. The van der Waals surface area contributed by atoms with Crippen LogP contribution < -0.4 is 11.1 Å². The summed E-state index contributed by atoms with van der Waals surface area (Å²) in [6.07, 6.45) is 0. The van der Waals surface area contributed by atoms with E-state index < -0.39 is 0 Å². The highest BCUT2D eigenvalue weighted by atomic mass is 79.9. The molecule has 2 aromatic rings. The van der Waals surface area contributed by atoms with Crippen molar-refractivity contribution in [3.8, 4) is 0 Å². The average Bonchev–Trinajstić information content (AvgIpc) is 2.36. The molecular formula is C13H13BrN4S. The van der Waals surface area contributed by atoms with E-state index in [1.807, 2.05) is 38.1 Å². The molecule has 2 rings (SSSR count). The third-order valence-electron chi connectivity index (χ3n) is 2.81. The Kier molecular flexibility index (Phi) is 4.11. The number of anilines is 2. The number of aryl methyl sites for hydroxylation is 1. The Labute approximate surface area is 125 Å². The maximum atomic E-state index is 5.78. The first-order valence-electron chi connectivity index (χ1n) is 5.65. The molecule has 3 N–H and O–H groups in total. The van der Waals surface area contributed by atoms with Gasteiger partial charge >= 0.3 is 0 Å². The minimum absolute atomic E-state index is 0.315. The zero-order valence-corrected chi connectivity index (χ0v) is 13.0. The van der Waals surface area contributed by atoms with Crippen molar-refractivity contribution in [1.29, 1.82) is 0 Å². The van der Waals surface area contributed by atoms with E-state index in [0.717, 1.165) is 27.0 Å². The molecule has 0 aliphatic carbocycles. The van der Waals surface area contributed by atoms with Gasteiger partial charge in [0.2, 0.25) is 0 Å². The molecule has 0 unspecified atom stereocenters. The van der Waals surface area contributed by atoms with Crippen LogP contribution in [-0.4, -0.2) is 15.2 Å². The molecule has 0 amide bonds. The maximum absolute atomic E-state index is 5.78. The monoisotopic (exact) mass is 336 g/mol. The van der Waals surface area contributed by atoms with Crippen molar-refractivity contribution in [2.24, 2.45) is 5.73 Å². The minimum atomic E-state index is 0.315. The van der Waals surface area contributed by atoms with E-state index in [-0.39, 0.29) is 0 Å². The van der Waals surface area contributed by atoms with Crippen LogP contribution in [-0.2, 0) is 0 Å². The molecule has 6 heteroatoms. The first-order chi connectivity index (χ1) is 8.99. The lowest BCUT2D eigenvalue weighted by molar-refractivity contribution is 0.963. The highest BCUT2D eigenvalue weighted by molar-refractivity contribution is 9.10. The van der Waals surface area contributed by atoms with E-state index in [9.17, 15) is 0 Å². The lowest BCUT2D eigenvalue weighted by Gasteiger charge is -2.13. The highest BCUT2D eigenvalue weighted by Gasteiger charge is 2.13. The van der Waals surface area contributed by atoms with Gasteiger partial charge in [0.05, 0.1) is 11.3 Å². The van der Waals surface area contributed by atoms with Crippen LogP contribution >= 0.6 is 28.1 Å². The Bertz CT molecular complexity index is 625. The van der Waals surface area contributed by atoms with Gasteiger partial charge in [0.25, 0.3) is 0 Å². The van der Waals surface area contributed by atoms with Crippen LogP contribution in [0.5, 0.6) is 0 Å². The Hall–Kier alpha value is -1.53. The van der Waals surface area contributed by atoms with Gasteiger partial charge in [-0.1, -0.05) is 28.1 Å². The molecule has 0 saturated heterocycles. The molecule has 0 saturated carbocycles. The molecule has 0 fully saturated rings. The van der Waals surface area contributed by atoms with Crippen molar-refractivity contribution in [3.63, 3.8) is 0 Å². The van der Waals surface area contributed by atoms with Crippen LogP contribution in [0.4, 0.5) is 11.5 Å². The molecule has 98 valence electrons. The van der Waals surface area contributed by atoms with Gasteiger partial charge in [-0.05, 0) is 43.7 Å². The largest absolute Gasteiger partial charge is 0.389 e. The van der Waals surface area contributed by atoms with Gasteiger partial charge in [-0.25, -0.2) is 0 Å².